The molecule has 2 aromatic rings. The number of unbranched alkanes of at least 4 members (excludes halogenated alkanes) is 5. The average Bonchev–Trinajstić information content (AvgIpc) is 2.75. The fourth-order valence-corrected chi connectivity index (χ4v) is 2.98. The van der Waals surface area contributed by atoms with Crippen molar-refractivity contribution in [3.05, 3.63) is 42.2 Å². The van der Waals surface area contributed by atoms with Crippen molar-refractivity contribution in [1.82, 2.24) is 9.97 Å². The number of benzene rings is 1. The number of nitrogens with zero attached hydrogens (tertiary/aromatic N) is 2. The summed E-state index contributed by atoms with van der Waals surface area (Å²) in [5.74, 6) is 0.990. The second kappa shape index (κ2) is 13.2. The molecule has 0 aliphatic heterocycles. The number of aryl methyl sites for hydroxylation is 1. The van der Waals surface area contributed by atoms with Gasteiger partial charge in [0.2, 0.25) is 0 Å². The molecular formula is C23H30F4N2O2. The van der Waals surface area contributed by atoms with Crippen molar-refractivity contribution in [2.75, 3.05) is 19.8 Å². The van der Waals surface area contributed by atoms with Crippen LogP contribution in [0.25, 0.3) is 11.4 Å². The molecule has 0 bridgehead atoms. The van der Waals surface area contributed by atoms with E-state index in [0.29, 0.717) is 11.6 Å². The summed E-state index contributed by atoms with van der Waals surface area (Å²) in [6.07, 6.45) is 6.00. The SMILES string of the molecule is CCCCCCCCc1cnc(-c2ccc(OC[C@H](F)COCC(F)(F)F)cc2)nc1. The summed E-state index contributed by atoms with van der Waals surface area (Å²) in [4.78, 5) is 8.83. The van der Waals surface area contributed by atoms with Crippen LogP contribution in [0.4, 0.5) is 17.6 Å². The normalized spacial score (nSPS) is 12.7. The molecule has 0 aliphatic carbocycles. The van der Waals surface area contributed by atoms with Gasteiger partial charge in [-0.05, 0) is 42.7 Å². The molecule has 0 unspecified atom stereocenters. The van der Waals surface area contributed by atoms with Crippen LogP contribution in [-0.4, -0.2) is 42.1 Å². The zero-order valence-electron chi connectivity index (χ0n) is 17.8. The van der Waals surface area contributed by atoms with Gasteiger partial charge in [-0.25, -0.2) is 14.4 Å². The summed E-state index contributed by atoms with van der Waals surface area (Å²) in [6, 6.07) is 6.80. The lowest BCUT2D eigenvalue weighted by Crippen LogP contribution is -2.24. The summed E-state index contributed by atoms with van der Waals surface area (Å²) in [5, 5.41) is 0. The summed E-state index contributed by atoms with van der Waals surface area (Å²) >= 11 is 0. The number of hydrogen-bond donors (Lipinski definition) is 0. The van der Waals surface area contributed by atoms with Crippen molar-refractivity contribution < 1.29 is 27.0 Å². The maximum Gasteiger partial charge on any atom is 0.411 e. The first-order valence-corrected chi connectivity index (χ1v) is 10.7. The van der Waals surface area contributed by atoms with Crippen LogP contribution < -0.4 is 4.74 Å². The van der Waals surface area contributed by atoms with Gasteiger partial charge >= 0.3 is 6.18 Å². The molecule has 0 saturated carbocycles. The quantitative estimate of drug-likeness (QED) is 0.253. The Kier molecular flexibility index (Phi) is 10.7. The molecule has 1 aromatic carbocycles. The van der Waals surface area contributed by atoms with Crippen LogP contribution in [0.1, 0.15) is 51.0 Å². The molecule has 1 atom stereocenters. The Bertz CT molecular complexity index is 737. The van der Waals surface area contributed by atoms with Gasteiger partial charge in [-0.3, -0.25) is 0 Å². The Balaban J connectivity index is 1.73. The fourth-order valence-electron chi connectivity index (χ4n) is 2.98. The molecule has 31 heavy (non-hydrogen) atoms. The minimum atomic E-state index is -4.47. The molecule has 0 aliphatic rings. The number of aromatic nitrogens is 2. The number of hydrogen-bond acceptors (Lipinski definition) is 4. The number of alkyl halides is 4. The Morgan fingerprint density at radius 3 is 2.19 bits per heavy atom. The van der Waals surface area contributed by atoms with E-state index in [9.17, 15) is 17.6 Å². The summed E-state index contributed by atoms with van der Waals surface area (Å²) < 4.78 is 59.0. The molecule has 1 aromatic heterocycles. The fraction of sp³-hybridized carbons (Fsp3) is 0.565. The number of halogens is 4. The molecule has 172 valence electrons. The molecule has 0 spiro atoms. The van der Waals surface area contributed by atoms with E-state index >= 15 is 0 Å². The van der Waals surface area contributed by atoms with Crippen molar-refractivity contribution >= 4 is 0 Å². The first-order valence-electron chi connectivity index (χ1n) is 10.7. The highest BCUT2D eigenvalue weighted by molar-refractivity contribution is 5.55. The van der Waals surface area contributed by atoms with E-state index in [1.807, 2.05) is 12.4 Å². The van der Waals surface area contributed by atoms with Gasteiger partial charge in [0.05, 0.1) is 6.61 Å². The lowest BCUT2D eigenvalue weighted by molar-refractivity contribution is -0.177. The lowest BCUT2D eigenvalue weighted by atomic mass is 10.1. The van der Waals surface area contributed by atoms with Crippen LogP contribution in [0.2, 0.25) is 0 Å². The van der Waals surface area contributed by atoms with Crippen LogP contribution in [0, 0.1) is 0 Å². The Hall–Kier alpha value is -2.22. The third-order valence-corrected chi connectivity index (χ3v) is 4.63. The van der Waals surface area contributed by atoms with Gasteiger partial charge in [0, 0.05) is 18.0 Å². The van der Waals surface area contributed by atoms with E-state index < -0.39 is 25.6 Å². The molecule has 0 amide bonds. The summed E-state index contributed by atoms with van der Waals surface area (Å²) in [5.41, 5.74) is 1.91. The highest BCUT2D eigenvalue weighted by atomic mass is 19.4. The summed E-state index contributed by atoms with van der Waals surface area (Å²) in [7, 11) is 0. The van der Waals surface area contributed by atoms with Gasteiger partial charge in [0.15, 0.2) is 12.0 Å². The number of ether oxygens (including phenoxy) is 2. The first-order chi connectivity index (χ1) is 14.9. The molecule has 0 fully saturated rings. The first kappa shape index (κ1) is 25.0. The van der Waals surface area contributed by atoms with Gasteiger partial charge in [0.1, 0.15) is 19.0 Å². The molecule has 0 radical (unpaired) electrons. The van der Waals surface area contributed by atoms with Gasteiger partial charge in [-0.15, -0.1) is 0 Å². The van der Waals surface area contributed by atoms with Crippen molar-refractivity contribution in [3.8, 4) is 17.1 Å². The molecule has 4 nitrogen and oxygen atoms in total. The molecule has 1 heterocycles. The molecule has 2 rings (SSSR count). The second-order valence-corrected chi connectivity index (χ2v) is 7.50. The summed E-state index contributed by atoms with van der Waals surface area (Å²) in [6.45, 7) is -0.321. The zero-order chi connectivity index (χ0) is 22.5. The van der Waals surface area contributed by atoms with Crippen molar-refractivity contribution in [1.29, 1.82) is 0 Å². The van der Waals surface area contributed by atoms with E-state index in [4.69, 9.17) is 4.74 Å². The monoisotopic (exact) mass is 442 g/mol. The van der Waals surface area contributed by atoms with Gasteiger partial charge in [-0.1, -0.05) is 39.0 Å². The predicted octanol–water partition coefficient (Wildman–Crippen LogP) is 6.34. The Morgan fingerprint density at radius 2 is 1.55 bits per heavy atom. The van der Waals surface area contributed by atoms with Crippen molar-refractivity contribution in [2.24, 2.45) is 0 Å². The minimum absolute atomic E-state index is 0.388. The maximum atomic E-state index is 13.6. The third kappa shape index (κ3) is 10.6. The standard InChI is InChI=1S/C23H30F4N2O2/c1-2-3-4-5-6-7-8-18-13-28-22(29-14-18)19-9-11-21(12-10-19)31-16-20(24)15-30-17-23(25,26)27/h9-14,20H,2-8,15-17H2,1H3/t20-/m1/s1. The average molecular weight is 442 g/mol. The third-order valence-electron chi connectivity index (χ3n) is 4.63. The van der Waals surface area contributed by atoms with Crippen LogP contribution in [0.15, 0.2) is 36.7 Å². The second-order valence-electron chi connectivity index (χ2n) is 7.50. The van der Waals surface area contributed by atoms with Crippen LogP contribution in [-0.2, 0) is 11.2 Å². The molecule has 0 N–H and O–H groups in total. The predicted molar refractivity (Wildman–Crippen MR) is 112 cm³/mol. The Labute approximate surface area is 181 Å². The zero-order valence-corrected chi connectivity index (χ0v) is 17.8. The highest BCUT2D eigenvalue weighted by Crippen LogP contribution is 2.20. The molecular weight excluding hydrogens is 412 g/mol. The van der Waals surface area contributed by atoms with E-state index in [0.717, 1.165) is 24.0 Å². The van der Waals surface area contributed by atoms with Gasteiger partial charge in [-0.2, -0.15) is 13.2 Å². The lowest BCUT2D eigenvalue weighted by Gasteiger charge is -2.12. The van der Waals surface area contributed by atoms with E-state index in [2.05, 4.69) is 21.6 Å². The van der Waals surface area contributed by atoms with Crippen molar-refractivity contribution in [3.63, 3.8) is 0 Å². The molecule has 0 saturated heterocycles. The van der Waals surface area contributed by atoms with Gasteiger partial charge in [0.25, 0.3) is 0 Å². The highest BCUT2D eigenvalue weighted by Gasteiger charge is 2.28. The number of rotatable bonds is 14. The maximum absolute atomic E-state index is 13.6. The minimum Gasteiger partial charge on any atom is -0.490 e. The van der Waals surface area contributed by atoms with Crippen LogP contribution in [0.5, 0.6) is 5.75 Å². The van der Waals surface area contributed by atoms with Crippen molar-refractivity contribution in [2.45, 2.75) is 64.2 Å². The van der Waals surface area contributed by atoms with Crippen LogP contribution >= 0.6 is 0 Å². The topological polar surface area (TPSA) is 44.2 Å². The largest absolute Gasteiger partial charge is 0.490 e. The van der Waals surface area contributed by atoms with Crippen LogP contribution in [0.3, 0.4) is 0 Å². The molecule has 8 heteroatoms. The van der Waals surface area contributed by atoms with E-state index in [1.165, 1.54) is 32.1 Å². The van der Waals surface area contributed by atoms with Gasteiger partial charge < -0.3 is 9.47 Å². The Morgan fingerprint density at radius 1 is 0.903 bits per heavy atom. The van der Waals surface area contributed by atoms with E-state index in [-0.39, 0.29) is 6.61 Å². The smallest absolute Gasteiger partial charge is 0.411 e. The van der Waals surface area contributed by atoms with E-state index in [1.54, 1.807) is 24.3 Å².